The lowest BCUT2D eigenvalue weighted by Crippen LogP contribution is -2.19. The van der Waals surface area contributed by atoms with Gasteiger partial charge in [-0.05, 0) is 83.7 Å². The lowest BCUT2D eigenvalue weighted by molar-refractivity contribution is 0.686. The minimum Gasteiger partial charge on any atom is -0.309 e. The second-order valence-corrected chi connectivity index (χ2v) is 6.45. The summed E-state index contributed by atoms with van der Waals surface area (Å²) < 4.78 is 0.926. The molecule has 0 aliphatic carbocycles. The van der Waals surface area contributed by atoms with Gasteiger partial charge in [0.2, 0.25) is 0 Å². The van der Waals surface area contributed by atoms with E-state index in [0.29, 0.717) is 0 Å². The Labute approximate surface area is 134 Å². The molecule has 0 saturated heterocycles. The van der Waals surface area contributed by atoms with Crippen molar-refractivity contribution in [2.45, 2.75) is 26.8 Å². The summed E-state index contributed by atoms with van der Waals surface area (Å²) >= 11 is 9.66. The molecule has 0 heterocycles. The Morgan fingerprint density at radius 2 is 1.65 bits per heavy atom. The molecule has 0 aromatic heterocycles. The molecule has 0 amide bonds. The number of hydrogen-bond donors (Lipinski definition) is 1. The zero-order chi connectivity index (χ0) is 14.9. The van der Waals surface area contributed by atoms with E-state index in [2.05, 4.69) is 60.2 Å². The van der Waals surface area contributed by atoms with Crippen molar-refractivity contribution >= 4 is 27.5 Å². The van der Waals surface area contributed by atoms with Gasteiger partial charge in [-0.3, -0.25) is 0 Å². The van der Waals surface area contributed by atoms with Crippen molar-refractivity contribution in [2.75, 3.05) is 7.05 Å². The number of benzene rings is 2. The third-order valence-corrected chi connectivity index (χ3v) is 4.99. The molecular weight excluding hydrogens is 334 g/mol. The Hall–Kier alpha value is -0.830. The van der Waals surface area contributed by atoms with Gasteiger partial charge in [-0.1, -0.05) is 29.8 Å². The Bertz CT molecular complexity index is 637. The van der Waals surface area contributed by atoms with Gasteiger partial charge in [0.15, 0.2) is 0 Å². The smallest absolute Gasteiger partial charge is 0.0577 e. The van der Waals surface area contributed by atoms with E-state index >= 15 is 0 Å². The fourth-order valence-electron chi connectivity index (χ4n) is 2.49. The minimum absolute atomic E-state index is 0.153. The van der Waals surface area contributed by atoms with Gasteiger partial charge < -0.3 is 5.32 Å². The highest BCUT2D eigenvalue weighted by Gasteiger charge is 2.16. The molecule has 1 atom stereocenters. The zero-order valence-corrected chi connectivity index (χ0v) is 14.6. The average molecular weight is 353 g/mol. The van der Waals surface area contributed by atoms with E-state index < -0.39 is 0 Å². The first-order valence-corrected chi connectivity index (χ1v) is 7.81. The molecule has 0 spiro atoms. The maximum Gasteiger partial charge on any atom is 0.0577 e. The highest BCUT2D eigenvalue weighted by molar-refractivity contribution is 9.10. The molecule has 0 saturated carbocycles. The zero-order valence-electron chi connectivity index (χ0n) is 12.2. The van der Waals surface area contributed by atoms with Gasteiger partial charge in [-0.15, -0.1) is 0 Å². The van der Waals surface area contributed by atoms with Gasteiger partial charge >= 0.3 is 0 Å². The predicted molar refractivity (Wildman–Crippen MR) is 90.7 cm³/mol. The van der Waals surface area contributed by atoms with Crippen LogP contribution in [0, 0.1) is 20.8 Å². The molecule has 1 unspecified atom stereocenters. The summed E-state index contributed by atoms with van der Waals surface area (Å²) in [5, 5.41) is 4.13. The molecule has 3 heteroatoms. The van der Waals surface area contributed by atoms with Crippen LogP contribution in [0.4, 0.5) is 0 Å². The number of halogens is 2. The molecule has 20 heavy (non-hydrogen) atoms. The first-order chi connectivity index (χ1) is 9.43. The van der Waals surface area contributed by atoms with Crippen LogP contribution < -0.4 is 5.32 Å². The van der Waals surface area contributed by atoms with Crippen molar-refractivity contribution in [1.29, 1.82) is 0 Å². The lowest BCUT2D eigenvalue weighted by atomic mass is 9.92. The Morgan fingerprint density at radius 3 is 2.25 bits per heavy atom. The van der Waals surface area contributed by atoms with Crippen LogP contribution in [0.2, 0.25) is 5.02 Å². The van der Waals surface area contributed by atoms with Gasteiger partial charge in [0.1, 0.15) is 0 Å². The summed E-state index contributed by atoms with van der Waals surface area (Å²) in [6, 6.07) is 10.8. The Balaban J connectivity index is 2.52. The third kappa shape index (κ3) is 3.08. The van der Waals surface area contributed by atoms with Crippen LogP contribution in [-0.4, -0.2) is 7.05 Å². The topological polar surface area (TPSA) is 12.0 Å². The van der Waals surface area contributed by atoms with Crippen LogP contribution in [0.15, 0.2) is 34.8 Å². The van der Waals surface area contributed by atoms with Crippen molar-refractivity contribution in [2.24, 2.45) is 0 Å². The van der Waals surface area contributed by atoms with Gasteiger partial charge in [0.05, 0.1) is 11.1 Å². The number of hydrogen-bond acceptors (Lipinski definition) is 1. The molecule has 0 radical (unpaired) electrons. The number of rotatable bonds is 3. The molecule has 2 rings (SSSR count). The summed E-state index contributed by atoms with van der Waals surface area (Å²) in [4.78, 5) is 0. The SMILES string of the molecule is CNC(c1ccc(Br)c(Cl)c1)c1cc(C)c(C)cc1C. The summed E-state index contributed by atoms with van der Waals surface area (Å²) in [5.41, 5.74) is 6.41. The Kier molecular flexibility index (Phi) is 4.90. The molecule has 0 bridgehead atoms. The first-order valence-electron chi connectivity index (χ1n) is 6.64. The van der Waals surface area contributed by atoms with Crippen LogP contribution in [0.1, 0.15) is 33.9 Å². The van der Waals surface area contributed by atoms with E-state index in [1.165, 1.54) is 27.8 Å². The van der Waals surface area contributed by atoms with E-state index in [1.807, 2.05) is 19.2 Å². The quantitative estimate of drug-likeness (QED) is 0.786. The fourth-order valence-corrected chi connectivity index (χ4v) is 2.92. The van der Waals surface area contributed by atoms with E-state index in [9.17, 15) is 0 Å². The van der Waals surface area contributed by atoms with Crippen molar-refractivity contribution in [3.63, 3.8) is 0 Å². The normalized spacial score (nSPS) is 12.5. The summed E-state index contributed by atoms with van der Waals surface area (Å²) in [5.74, 6) is 0. The van der Waals surface area contributed by atoms with Crippen LogP contribution >= 0.6 is 27.5 Å². The molecule has 2 aromatic rings. The first kappa shape index (κ1) is 15.6. The fraction of sp³-hybridized carbons (Fsp3) is 0.294. The summed E-state index contributed by atoms with van der Waals surface area (Å²) in [6.07, 6.45) is 0. The lowest BCUT2D eigenvalue weighted by Gasteiger charge is -2.21. The van der Waals surface area contributed by atoms with Crippen molar-refractivity contribution in [3.05, 3.63) is 67.6 Å². The maximum absolute atomic E-state index is 6.22. The molecule has 1 nitrogen and oxygen atoms in total. The van der Waals surface area contributed by atoms with Gasteiger partial charge in [0, 0.05) is 4.47 Å². The van der Waals surface area contributed by atoms with E-state index in [-0.39, 0.29) is 6.04 Å². The van der Waals surface area contributed by atoms with Crippen LogP contribution in [-0.2, 0) is 0 Å². The third-order valence-electron chi connectivity index (χ3n) is 3.76. The van der Waals surface area contributed by atoms with Gasteiger partial charge in [-0.25, -0.2) is 0 Å². The Morgan fingerprint density at radius 1 is 1.00 bits per heavy atom. The molecule has 0 aliphatic heterocycles. The monoisotopic (exact) mass is 351 g/mol. The second kappa shape index (κ2) is 6.30. The van der Waals surface area contributed by atoms with Gasteiger partial charge in [0.25, 0.3) is 0 Å². The van der Waals surface area contributed by atoms with E-state index in [0.717, 1.165) is 9.50 Å². The molecule has 2 aromatic carbocycles. The maximum atomic E-state index is 6.22. The van der Waals surface area contributed by atoms with Crippen LogP contribution in [0.3, 0.4) is 0 Å². The molecule has 0 fully saturated rings. The largest absolute Gasteiger partial charge is 0.309 e. The van der Waals surface area contributed by atoms with E-state index in [4.69, 9.17) is 11.6 Å². The molecule has 0 aliphatic rings. The van der Waals surface area contributed by atoms with Crippen molar-refractivity contribution in [3.8, 4) is 0 Å². The highest BCUT2D eigenvalue weighted by Crippen LogP contribution is 2.31. The number of aryl methyl sites for hydroxylation is 3. The molecular formula is C17H19BrClN. The molecule has 1 N–H and O–H groups in total. The van der Waals surface area contributed by atoms with Gasteiger partial charge in [-0.2, -0.15) is 0 Å². The summed E-state index contributed by atoms with van der Waals surface area (Å²) in [7, 11) is 1.98. The predicted octanol–water partition coefficient (Wildman–Crippen LogP) is 5.34. The minimum atomic E-state index is 0.153. The number of nitrogens with one attached hydrogen (secondary N) is 1. The standard InChI is InChI=1S/C17H19BrClN/c1-10-7-12(3)14(8-11(10)2)17(20-4)13-5-6-15(18)16(19)9-13/h5-9,17,20H,1-4H3. The van der Waals surface area contributed by atoms with Crippen molar-refractivity contribution < 1.29 is 0 Å². The van der Waals surface area contributed by atoms with Crippen LogP contribution in [0.25, 0.3) is 0 Å². The van der Waals surface area contributed by atoms with Crippen LogP contribution in [0.5, 0.6) is 0 Å². The average Bonchev–Trinajstić information content (AvgIpc) is 2.40. The highest BCUT2D eigenvalue weighted by atomic mass is 79.9. The molecule has 106 valence electrons. The summed E-state index contributed by atoms with van der Waals surface area (Å²) in [6.45, 7) is 6.46. The van der Waals surface area contributed by atoms with Crippen molar-refractivity contribution in [1.82, 2.24) is 5.32 Å². The second-order valence-electron chi connectivity index (χ2n) is 5.19. The van der Waals surface area contributed by atoms with E-state index in [1.54, 1.807) is 0 Å².